The number of halogens is 2. The standard InChI is InChI=1S/C11H9BrFN3O3/c1-2-8(12)11-15-14-10(19-11)7-4-3-6(16(17)18)5-9(7)13/h3-5,8H,2H2,1H3. The van der Waals surface area contributed by atoms with E-state index in [-0.39, 0.29) is 22.0 Å². The zero-order valence-corrected chi connectivity index (χ0v) is 11.4. The van der Waals surface area contributed by atoms with Gasteiger partial charge in [-0.3, -0.25) is 10.1 Å². The first-order valence-corrected chi connectivity index (χ1v) is 6.36. The van der Waals surface area contributed by atoms with Crippen molar-refractivity contribution < 1.29 is 13.7 Å². The fourth-order valence-electron chi connectivity index (χ4n) is 1.44. The smallest absolute Gasteiger partial charge is 0.272 e. The van der Waals surface area contributed by atoms with Crippen molar-refractivity contribution >= 4 is 21.6 Å². The minimum Gasteiger partial charge on any atom is -0.419 e. The van der Waals surface area contributed by atoms with Crippen LogP contribution in [-0.4, -0.2) is 15.1 Å². The third kappa shape index (κ3) is 2.78. The van der Waals surface area contributed by atoms with Gasteiger partial charge in [0, 0.05) is 6.07 Å². The maximum atomic E-state index is 13.7. The van der Waals surface area contributed by atoms with E-state index in [1.54, 1.807) is 0 Å². The lowest BCUT2D eigenvalue weighted by Gasteiger charge is -1.99. The highest BCUT2D eigenvalue weighted by Gasteiger charge is 2.19. The number of nitro benzene ring substituents is 1. The van der Waals surface area contributed by atoms with Crippen LogP contribution >= 0.6 is 15.9 Å². The predicted octanol–water partition coefficient (Wildman–Crippen LogP) is 3.63. The van der Waals surface area contributed by atoms with Gasteiger partial charge < -0.3 is 4.42 Å². The fraction of sp³-hybridized carbons (Fsp3) is 0.273. The van der Waals surface area contributed by atoms with Gasteiger partial charge in [-0.15, -0.1) is 10.2 Å². The monoisotopic (exact) mass is 329 g/mol. The van der Waals surface area contributed by atoms with Crippen LogP contribution in [0.4, 0.5) is 10.1 Å². The second kappa shape index (κ2) is 5.43. The van der Waals surface area contributed by atoms with Crippen LogP contribution < -0.4 is 0 Å². The summed E-state index contributed by atoms with van der Waals surface area (Å²) in [6, 6.07) is 3.26. The molecule has 0 saturated heterocycles. The van der Waals surface area contributed by atoms with Crippen molar-refractivity contribution in [3.63, 3.8) is 0 Å². The molecule has 0 radical (unpaired) electrons. The summed E-state index contributed by atoms with van der Waals surface area (Å²) in [7, 11) is 0. The van der Waals surface area contributed by atoms with E-state index >= 15 is 0 Å². The minimum atomic E-state index is -0.771. The Kier molecular flexibility index (Phi) is 3.89. The van der Waals surface area contributed by atoms with E-state index in [4.69, 9.17) is 4.42 Å². The van der Waals surface area contributed by atoms with E-state index in [0.29, 0.717) is 5.89 Å². The molecule has 0 saturated carbocycles. The second-order valence-electron chi connectivity index (χ2n) is 3.74. The van der Waals surface area contributed by atoms with Crippen molar-refractivity contribution in [2.24, 2.45) is 0 Å². The normalized spacial score (nSPS) is 12.4. The van der Waals surface area contributed by atoms with Gasteiger partial charge in [-0.2, -0.15) is 0 Å². The van der Waals surface area contributed by atoms with Crippen LogP contribution in [-0.2, 0) is 0 Å². The largest absolute Gasteiger partial charge is 0.419 e. The summed E-state index contributed by atoms with van der Waals surface area (Å²) >= 11 is 3.34. The Labute approximate surface area is 115 Å². The quantitative estimate of drug-likeness (QED) is 0.486. The topological polar surface area (TPSA) is 82.1 Å². The summed E-state index contributed by atoms with van der Waals surface area (Å²) < 4.78 is 19.1. The molecule has 19 heavy (non-hydrogen) atoms. The maximum Gasteiger partial charge on any atom is 0.272 e. The molecule has 0 bridgehead atoms. The third-order valence-corrected chi connectivity index (χ3v) is 3.50. The first-order valence-electron chi connectivity index (χ1n) is 5.44. The number of non-ortho nitro benzene ring substituents is 1. The minimum absolute atomic E-state index is 0.000276. The van der Waals surface area contributed by atoms with E-state index in [2.05, 4.69) is 26.1 Å². The zero-order valence-electron chi connectivity index (χ0n) is 9.84. The van der Waals surface area contributed by atoms with E-state index < -0.39 is 10.7 Å². The number of hydrogen-bond acceptors (Lipinski definition) is 5. The Morgan fingerprint density at radius 2 is 2.26 bits per heavy atom. The Morgan fingerprint density at radius 1 is 1.53 bits per heavy atom. The molecule has 0 fully saturated rings. The summed E-state index contributed by atoms with van der Waals surface area (Å²) in [5.74, 6) is -0.428. The number of nitrogens with zero attached hydrogens (tertiary/aromatic N) is 3. The van der Waals surface area contributed by atoms with Crippen LogP contribution in [0.2, 0.25) is 0 Å². The van der Waals surface area contributed by atoms with Crippen LogP contribution in [0, 0.1) is 15.9 Å². The molecule has 0 spiro atoms. The Balaban J connectivity index is 2.37. The molecule has 0 aliphatic carbocycles. The maximum absolute atomic E-state index is 13.7. The molecule has 6 nitrogen and oxygen atoms in total. The van der Waals surface area contributed by atoms with Crippen molar-refractivity contribution in [2.45, 2.75) is 18.2 Å². The van der Waals surface area contributed by atoms with Gasteiger partial charge >= 0.3 is 0 Å². The number of nitro groups is 1. The Hall–Kier alpha value is -1.83. The van der Waals surface area contributed by atoms with E-state index in [1.165, 1.54) is 12.1 Å². The average molecular weight is 330 g/mol. The highest BCUT2D eigenvalue weighted by atomic mass is 79.9. The van der Waals surface area contributed by atoms with Gasteiger partial charge in [0.25, 0.3) is 11.6 Å². The molecular weight excluding hydrogens is 321 g/mol. The lowest BCUT2D eigenvalue weighted by molar-refractivity contribution is -0.385. The van der Waals surface area contributed by atoms with E-state index in [9.17, 15) is 14.5 Å². The Morgan fingerprint density at radius 3 is 2.84 bits per heavy atom. The lowest BCUT2D eigenvalue weighted by Crippen LogP contribution is -1.91. The SMILES string of the molecule is CCC(Br)c1nnc(-c2ccc([N+](=O)[O-])cc2F)o1. The van der Waals surface area contributed by atoms with Crippen LogP contribution in [0.15, 0.2) is 22.6 Å². The predicted molar refractivity (Wildman–Crippen MR) is 68.3 cm³/mol. The van der Waals surface area contributed by atoms with Crippen molar-refractivity contribution in [3.8, 4) is 11.5 Å². The van der Waals surface area contributed by atoms with Crippen molar-refractivity contribution in [3.05, 3.63) is 40.0 Å². The molecule has 1 aromatic carbocycles. The summed E-state index contributed by atoms with van der Waals surface area (Å²) in [5.41, 5.74) is -0.284. The number of hydrogen-bond donors (Lipinski definition) is 0. The molecule has 2 aromatic rings. The van der Waals surface area contributed by atoms with Crippen LogP contribution in [0.1, 0.15) is 24.1 Å². The van der Waals surface area contributed by atoms with Crippen LogP contribution in [0.5, 0.6) is 0 Å². The van der Waals surface area contributed by atoms with Crippen LogP contribution in [0.3, 0.4) is 0 Å². The molecule has 0 amide bonds. The molecular formula is C11H9BrFN3O3. The average Bonchev–Trinajstić information content (AvgIpc) is 2.87. The highest BCUT2D eigenvalue weighted by Crippen LogP contribution is 2.29. The van der Waals surface area contributed by atoms with Crippen molar-refractivity contribution in [1.82, 2.24) is 10.2 Å². The first kappa shape index (κ1) is 13.6. The number of benzene rings is 1. The highest BCUT2D eigenvalue weighted by molar-refractivity contribution is 9.09. The van der Waals surface area contributed by atoms with Gasteiger partial charge in [-0.05, 0) is 12.5 Å². The van der Waals surface area contributed by atoms with Crippen LogP contribution in [0.25, 0.3) is 11.5 Å². The number of rotatable bonds is 4. The summed E-state index contributed by atoms with van der Waals surface area (Å²) in [4.78, 5) is 9.74. The van der Waals surface area contributed by atoms with Gasteiger partial charge in [0.15, 0.2) is 0 Å². The van der Waals surface area contributed by atoms with Gasteiger partial charge in [-0.1, -0.05) is 22.9 Å². The number of aromatic nitrogens is 2. The molecule has 1 unspecified atom stereocenters. The molecule has 8 heteroatoms. The van der Waals surface area contributed by atoms with E-state index in [0.717, 1.165) is 12.5 Å². The molecule has 0 aliphatic rings. The summed E-state index contributed by atoms with van der Waals surface area (Å²) in [6.07, 6.45) is 0.740. The molecule has 1 aromatic heterocycles. The van der Waals surface area contributed by atoms with Gasteiger partial charge in [0.2, 0.25) is 5.89 Å². The van der Waals surface area contributed by atoms with Crippen molar-refractivity contribution in [2.75, 3.05) is 0 Å². The third-order valence-electron chi connectivity index (χ3n) is 2.46. The molecule has 2 rings (SSSR count). The molecule has 1 heterocycles. The summed E-state index contributed by atoms with van der Waals surface area (Å²) in [6.45, 7) is 1.93. The lowest BCUT2D eigenvalue weighted by atomic mass is 10.2. The Bertz CT molecular complexity index is 617. The zero-order chi connectivity index (χ0) is 14.0. The molecule has 1 atom stereocenters. The van der Waals surface area contributed by atoms with Gasteiger partial charge in [0.05, 0.1) is 21.4 Å². The van der Waals surface area contributed by atoms with Gasteiger partial charge in [0.1, 0.15) is 5.82 Å². The second-order valence-corrected chi connectivity index (χ2v) is 4.85. The first-order chi connectivity index (χ1) is 9.02. The van der Waals surface area contributed by atoms with Crippen molar-refractivity contribution in [1.29, 1.82) is 0 Å². The summed E-state index contributed by atoms with van der Waals surface area (Å²) in [5, 5.41) is 18.0. The van der Waals surface area contributed by atoms with E-state index in [1.807, 2.05) is 6.92 Å². The molecule has 100 valence electrons. The van der Waals surface area contributed by atoms with Gasteiger partial charge in [-0.25, -0.2) is 4.39 Å². The molecule has 0 N–H and O–H groups in total. The fourth-order valence-corrected chi connectivity index (χ4v) is 1.62. The molecule has 0 aliphatic heterocycles. The number of alkyl halides is 1.